The van der Waals surface area contributed by atoms with Gasteiger partial charge in [-0.3, -0.25) is 0 Å². The predicted octanol–water partition coefficient (Wildman–Crippen LogP) is 16.0. The molecule has 10 aromatic carbocycles. The Kier molecular flexibility index (Phi) is 8.19. The van der Waals surface area contributed by atoms with E-state index in [0.717, 1.165) is 55.7 Å². The number of fused-ring (bicyclic) bond motifs is 6. The van der Waals surface area contributed by atoms with E-state index in [2.05, 4.69) is 223 Å². The first-order valence-electron chi connectivity index (χ1n) is 19.8. The highest BCUT2D eigenvalue weighted by Gasteiger charge is 2.23. The van der Waals surface area contributed by atoms with Crippen molar-refractivity contribution in [3.8, 4) is 44.5 Å². The van der Waals surface area contributed by atoms with Gasteiger partial charge in [0.15, 0.2) is 0 Å². The lowest BCUT2D eigenvalue weighted by Gasteiger charge is -2.27. The van der Waals surface area contributed by atoms with E-state index in [9.17, 15) is 0 Å². The Morgan fingerprint density at radius 3 is 1.62 bits per heavy atom. The Hall–Kier alpha value is -7.68. The fourth-order valence-corrected chi connectivity index (χ4v) is 8.66. The van der Waals surface area contributed by atoms with Gasteiger partial charge >= 0.3 is 0 Å². The molecule has 2 nitrogen and oxygen atoms in total. The molecule has 0 bridgehead atoms. The van der Waals surface area contributed by atoms with E-state index in [0.29, 0.717) is 0 Å². The Morgan fingerprint density at radius 2 is 0.862 bits per heavy atom. The third-order valence-corrected chi connectivity index (χ3v) is 11.5. The summed E-state index contributed by atoms with van der Waals surface area (Å²) < 4.78 is 6.77. The summed E-state index contributed by atoms with van der Waals surface area (Å²) in [4.78, 5) is 2.40. The van der Waals surface area contributed by atoms with Crippen molar-refractivity contribution in [2.24, 2.45) is 0 Å². The van der Waals surface area contributed by atoms with E-state index in [4.69, 9.17) is 4.42 Å². The van der Waals surface area contributed by atoms with Gasteiger partial charge < -0.3 is 9.32 Å². The lowest BCUT2D eigenvalue weighted by atomic mass is 9.91. The normalized spacial score (nSPS) is 11.4. The Bertz CT molecular complexity index is 3260. The number of rotatable bonds is 7. The molecular formula is C56H37NO. The molecule has 272 valence electrons. The van der Waals surface area contributed by atoms with E-state index < -0.39 is 0 Å². The second-order valence-corrected chi connectivity index (χ2v) is 14.9. The molecule has 0 spiro atoms. The minimum absolute atomic E-state index is 0.870. The molecule has 0 aliphatic rings. The maximum absolute atomic E-state index is 6.77. The molecule has 58 heavy (non-hydrogen) atoms. The van der Waals surface area contributed by atoms with Crippen LogP contribution in [0.5, 0.6) is 0 Å². The number of hydrogen-bond acceptors (Lipinski definition) is 2. The highest BCUT2D eigenvalue weighted by molar-refractivity contribution is 6.17. The molecule has 0 radical (unpaired) electrons. The van der Waals surface area contributed by atoms with Gasteiger partial charge in [-0.05, 0) is 109 Å². The van der Waals surface area contributed by atoms with Crippen LogP contribution in [0.2, 0.25) is 0 Å². The van der Waals surface area contributed by atoms with Crippen LogP contribution in [0, 0.1) is 0 Å². The quantitative estimate of drug-likeness (QED) is 0.151. The van der Waals surface area contributed by atoms with Gasteiger partial charge in [0, 0.05) is 22.3 Å². The Balaban J connectivity index is 1.11. The van der Waals surface area contributed by atoms with Crippen LogP contribution < -0.4 is 4.90 Å². The van der Waals surface area contributed by atoms with Crippen LogP contribution in [0.1, 0.15) is 0 Å². The van der Waals surface area contributed by atoms with E-state index in [1.807, 2.05) is 6.07 Å². The van der Waals surface area contributed by atoms with Gasteiger partial charge in [0.2, 0.25) is 0 Å². The summed E-state index contributed by atoms with van der Waals surface area (Å²) in [6.07, 6.45) is 0. The largest absolute Gasteiger partial charge is 0.455 e. The van der Waals surface area contributed by atoms with Crippen LogP contribution in [0.3, 0.4) is 0 Å². The average Bonchev–Trinajstić information content (AvgIpc) is 3.70. The highest BCUT2D eigenvalue weighted by Crippen LogP contribution is 2.47. The molecule has 0 aliphatic heterocycles. The summed E-state index contributed by atoms with van der Waals surface area (Å²) in [5, 5.41) is 7.10. The molecule has 0 amide bonds. The van der Waals surface area contributed by atoms with Crippen molar-refractivity contribution in [2.75, 3.05) is 4.90 Å². The lowest BCUT2D eigenvalue weighted by molar-refractivity contribution is 0.670. The lowest BCUT2D eigenvalue weighted by Crippen LogP contribution is -2.10. The fraction of sp³-hybridized carbons (Fsp3) is 0. The molecule has 11 rings (SSSR count). The first-order valence-corrected chi connectivity index (χ1v) is 19.8. The topological polar surface area (TPSA) is 16.4 Å². The van der Waals surface area contributed by atoms with Crippen molar-refractivity contribution in [3.05, 3.63) is 224 Å². The van der Waals surface area contributed by atoms with Crippen molar-refractivity contribution >= 4 is 60.5 Å². The monoisotopic (exact) mass is 739 g/mol. The van der Waals surface area contributed by atoms with Crippen LogP contribution in [0.4, 0.5) is 17.1 Å². The van der Waals surface area contributed by atoms with E-state index in [-0.39, 0.29) is 0 Å². The van der Waals surface area contributed by atoms with Crippen molar-refractivity contribution in [2.45, 2.75) is 0 Å². The minimum atomic E-state index is 0.870. The summed E-state index contributed by atoms with van der Waals surface area (Å²) in [7, 11) is 0. The first-order chi connectivity index (χ1) is 28.8. The summed E-state index contributed by atoms with van der Waals surface area (Å²) in [6.45, 7) is 0. The van der Waals surface area contributed by atoms with Gasteiger partial charge in [0.1, 0.15) is 11.2 Å². The number of para-hydroxylation sites is 1. The maximum atomic E-state index is 6.77. The zero-order chi connectivity index (χ0) is 38.4. The zero-order valence-electron chi connectivity index (χ0n) is 31.7. The molecule has 0 N–H and O–H groups in total. The molecule has 0 atom stereocenters. The second kappa shape index (κ2) is 14.1. The number of anilines is 3. The average molecular weight is 740 g/mol. The molecule has 0 unspecified atom stereocenters. The molecule has 0 aliphatic carbocycles. The van der Waals surface area contributed by atoms with Crippen LogP contribution in [0.25, 0.3) is 88.0 Å². The molecule has 1 aromatic heterocycles. The molecule has 2 heteroatoms. The number of furan rings is 1. The Morgan fingerprint density at radius 1 is 0.310 bits per heavy atom. The maximum Gasteiger partial charge on any atom is 0.145 e. The molecule has 0 saturated carbocycles. The van der Waals surface area contributed by atoms with Crippen molar-refractivity contribution in [3.63, 3.8) is 0 Å². The van der Waals surface area contributed by atoms with E-state index >= 15 is 0 Å². The van der Waals surface area contributed by atoms with Crippen molar-refractivity contribution < 1.29 is 4.42 Å². The Labute approximate surface area is 337 Å². The minimum Gasteiger partial charge on any atom is -0.455 e. The summed E-state index contributed by atoms with van der Waals surface area (Å²) in [5.74, 6) is 0. The summed E-state index contributed by atoms with van der Waals surface area (Å²) >= 11 is 0. The van der Waals surface area contributed by atoms with Gasteiger partial charge in [-0.15, -0.1) is 0 Å². The fourth-order valence-electron chi connectivity index (χ4n) is 8.66. The van der Waals surface area contributed by atoms with Gasteiger partial charge in [-0.2, -0.15) is 0 Å². The van der Waals surface area contributed by atoms with Gasteiger partial charge in [0.25, 0.3) is 0 Å². The third kappa shape index (κ3) is 5.82. The van der Waals surface area contributed by atoms with Gasteiger partial charge in [-0.25, -0.2) is 0 Å². The van der Waals surface area contributed by atoms with Gasteiger partial charge in [0.05, 0.1) is 11.1 Å². The highest BCUT2D eigenvalue weighted by atomic mass is 16.3. The second-order valence-electron chi connectivity index (χ2n) is 14.9. The van der Waals surface area contributed by atoms with E-state index in [1.54, 1.807) is 0 Å². The molecule has 1 heterocycles. The van der Waals surface area contributed by atoms with E-state index in [1.165, 1.54) is 49.4 Å². The number of hydrogen-bond donors (Lipinski definition) is 0. The molecular weight excluding hydrogens is 703 g/mol. The third-order valence-electron chi connectivity index (χ3n) is 11.5. The van der Waals surface area contributed by atoms with Crippen LogP contribution in [0.15, 0.2) is 229 Å². The number of benzene rings is 10. The molecule has 0 saturated heterocycles. The van der Waals surface area contributed by atoms with Crippen LogP contribution in [-0.2, 0) is 0 Å². The van der Waals surface area contributed by atoms with Crippen LogP contribution in [-0.4, -0.2) is 0 Å². The standard InChI is InChI=1S/C56H37NO/c1-4-14-38(15-5-1)43-28-32-48(52(37-43)40-18-8-3-9-19-40)42-26-29-45(30-27-42)57(46-31-33-49-44(36-46)25-24-41-20-10-11-21-47(41)49)53-35-34-50(39-16-6-2-7-17-39)56-55(53)51-22-12-13-23-54(51)58-56/h1-37H. The number of nitrogens with zero attached hydrogens (tertiary/aromatic N) is 1. The van der Waals surface area contributed by atoms with Crippen LogP contribution >= 0.6 is 0 Å². The SMILES string of the molecule is c1ccc(-c2ccc(-c3ccc(N(c4ccc5c(ccc6ccccc65)c4)c4ccc(-c5ccccc5)c5oc6ccccc6c45)cc3)c(-c3ccccc3)c2)cc1. The molecule has 11 aromatic rings. The van der Waals surface area contributed by atoms with Crippen molar-refractivity contribution in [1.82, 2.24) is 0 Å². The smallest absolute Gasteiger partial charge is 0.145 e. The predicted molar refractivity (Wildman–Crippen MR) is 245 cm³/mol. The summed E-state index contributed by atoms with van der Waals surface area (Å²) in [5.41, 5.74) is 14.3. The van der Waals surface area contributed by atoms with Crippen molar-refractivity contribution in [1.29, 1.82) is 0 Å². The summed E-state index contributed by atoms with van der Waals surface area (Å²) in [6, 6.07) is 80.6. The molecule has 0 fully saturated rings. The van der Waals surface area contributed by atoms with Gasteiger partial charge in [-0.1, -0.05) is 176 Å². The zero-order valence-corrected chi connectivity index (χ0v) is 31.7. The first kappa shape index (κ1) is 33.6.